The van der Waals surface area contributed by atoms with E-state index in [9.17, 15) is 14.4 Å². The number of aromatic amines is 1. The summed E-state index contributed by atoms with van der Waals surface area (Å²) in [7, 11) is 2.83. The third-order valence-corrected chi connectivity index (χ3v) is 2.56. The fourth-order valence-corrected chi connectivity index (χ4v) is 1.62. The highest BCUT2D eigenvalue weighted by atomic mass is 16.5. The first-order chi connectivity index (χ1) is 8.47. The molecular formula is C10H12N4O4. The minimum absolute atomic E-state index is 0.0925. The Morgan fingerprint density at radius 1 is 1.33 bits per heavy atom. The van der Waals surface area contributed by atoms with Crippen LogP contribution in [0.5, 0.6) is 0 Å². The Hall–Kier alpha value is -2.38. The van der Waals surface area contributed by atoms with Gasteiger partial charge in [-0.25, -0.2) is 14.6 Å². The molecule has 2 aromatic heterocycles. The highest BCUT2D eigenvalue weighted by Gasteiger charge is 2.17. The van der Waals surface area contributed by atoms with Gasteiger partial charge >= 0.3 is 11.7 Å². The molecule has 0 aliphatic rings. The van der Waals surface area contributed by atoms with Crippen molar-refractivity contribution >= 4 is 17.1 Å². The molecule has 0 aliphatic heterocycles. The number of ether oxygens (including phenoxy) is 1. The molecule has 2 heterocycles. The second-order valence-electron chi connectivity index (χ2n) is 3.71. The topological polar surface area (TPSA) is 99.0 Å². The lowest BCUT2D eigenvalue weighted by atomic mass is 10.5. The predicted octanol–water partition coefficient (Wildman–Crippen LogP) is -0.863. The summed E-state index contributed by atoms with van der Waals surface area (Å²) < 4.78 is 6.90. The van der Waals surface area contributed by atoms with Crippen LogP contribution in [0.15, 0.2) is 9.59 Å². The number of esters is 1. The SMILES string of the molecule is CCOC(=O)c1nc2c([nH]1)c(=O)n(C)c(=O)n2C. The molecule has 8 nitrogen and oxygen atoms in total. The van der Waals surface area contributed by atoms with Crippen molar-refractivity contribution in [2.45, 2.75) is 6.92 Å². The highest BCUT2D eigenvalue weighted by Crippen LogP contribution is 2.05. The van der Waals surface area contributed by atoms with E-state index in [-0.39, 0.29) is 23.6 Å². The van der Waals surface area contributed by atoms with E-state index in [1.807, 2.05) is 0 Å². The molecule has 0 fully saturated rings. The maximum Gasteiger partial charge on any atom is 0.374 e. The average Bonchev–Trinajstić information content (AvgIpc) is 2.79. The van der Waals surface area contributed by atoms with Crippen molar-refractivity contribution in [3.8, 4) is 0 Å². The number of H-pyrrole nitrogens is 1. The Morgan fingerprint density at radius 2 is 2.00 bits per heavy atom. The number of nitrogens with one attached hydrogen (secondary N) is 1. The standard InChI is InChI=1S/C10H12N4O4/c1-4-18-9(16)6-11-5-7(12-6)13(2)10(17)14(3)8(5)15/h4H2,1-3H3,(H,11,12). The van der Waals surface area contributed by atoms with Crippen molar-refractivity contribution in [3.63, 3.8) is 0 Å². The molecule has 1 N–H and O–H groups in total. The summed E-state index contributed by atoms with van der Waals surface area (Å²) in [5, 5.41) is 0. The first-order valence-electron chi connectivity index (χ1n) is 5.30. The first kappa shape index (κ1) is 12.1. The molecular weight excluding hydrogens is 240 g/mol. The molecule has 8 heteroatoms. The first-order valence-corrected chi connectivity index (χ1v) is 5.30. The molecule has 0 spiro atoms. The van der Waals surface area contributed by atoms with Gasteiger partial charge < -0.3 is 9.72 Å². The van der Waals surface area contributed by atoms with E-state index in [0.29, 0.717) is 0 Å². The Bertz CT molecular complexity index is 737. The Morgan fingerprint density at radius 3 is 2.61 bits per heavy atom. The van der Waals surface area contributed by atoms with E-state index in [2.05, 4.69) is 9.97 Å². The zero-order chi connectivity index (χ0) is 13.4. The van der Waals surface area contributed by atoms with Gasteiger partial charge in [0.2, 0.25) is 5.82 Å². The third kappa shape index (κ3) is 1.62. The number of fused-ring (bicyclic) bond motifs is 1. The molecule has 2 rings (SSSR count). The number of imidazole rings is 1. The minimum Gasteiger partial charge on any atom is -0.460 e. The lowest BCUT2D eigenvalue weighted by Crippen LogP contribution is -2.36. The van der Waals surface area contributed by atoms with E-state index < -0.39 is 17.2 Å². The molecule has 0 saturated carbocycles. The molecule has 0 bridgehead atoms. The molecule has 0 aromatic carbocycles. The quantitative estimate of drug-likeness (QED) is 0.701. The second-order valence-corrected chi connectivity index (χ2v) is 3.71. The molecule has 0 saturated heterocycles. The molecule has 0 radical (unpaired) electrons. The van der Waals surface area contributed by atoms with Gasteiger partial charge in [0.05, 0.1) is 6.61 Å². The van der Waals surface area contributed by atoms with E-state index in [1.54, 1.807) is 6.92 Å². The summed E-state index contributed by atoms with van der Waals surface area (Å²) in [5.74, 6) is -0.756. The van der Waals surface area contributed by atoms with Crippen molar-refractivity contribution in [3.05, 3.63) is 26.7 Å². The van der Waals surface area contributed by atoms with Gasteiger partial charge in [0, 0.05) is 14.1 Å². The maximum atomic E-state index is 11.8. The van der Waals surface area contributed by atoms with Crippen LogP contribution >= 0.6 is 0 Å². The van der Waals surface area contributed by atoms with Crippen LogP contribution in [-0.4, -0.2) is 31.7 Å². The van der Waals surface area contributed by atoms with E-state index >= 15 is 0 Å². The number of hydrogen-bond donors (Lipinski definition) is 1. The number of carbonyl (C=O) groups is 1. The Labute approximate surface area is 101 Å². The highest BCUT2D eigenvalue weighted by molar-refractivity contribution is 5.89. The molecule has 0 amide bonds. The normalized spacial score (nSPS) is 10.8. The number of aromatic nitrogens is 4. The van der Waals surface area contributed by atoms with Crippen LogP contribution < -0.4 is 11.2 Å². The average molecular weight is 252 g/mol. The third-order valence-electron chi connectivity index (χ3n) is 2.56. The Balaban J connectivity index is 2.77. The minimum atomic E-state index is -0.664. The number of nitrogens with zero attached hydrogens (tertiary/aromatic N) is 3. The summed E-state index contributed by atoms with van der Waals surface area (Å²) in [6.45, 7) is 1.86. The van der Waals surface area contributed by atoms with Crippen LogP contribution in [0.4, 0.5) is 0 Å². The van der Waals surface area contributed by atoms with E-state index in [0.717, 1.165) is 4.57 Å². The van der Waals surface area contributed by atoms with Gasteiger partial charge in [0.15, 0.2) is 11.2 Å². The monoisotopic (exact) mass is 252 g/mol. The van der Waals surface area contributed by atoms with Crippen LogP contribution in [0, 0.1) is 0 Å². The second kappa shape index (κ2) is 4.13. The molecule has 96 valence electrons. The zero-order valence-corrected chi connectivity index (χ0v) is 10.2. The lowest BCUT2D eigenvalue weighted by Gasteiger charge is -2.00. The summed E-state index contributed by atoms with van der Waals surface area (Å²) in [6.07, 6.45) is 0. The number of rotatable bonds is 2. The van der Waals surface area contributed by atoms with Crippen molar-refractivity contribution in [1.82, 2.24) is 19.1 Å². The van der Waals surface area contributed by atoms with Gasteiger partial charge in [-0.2, -0.15) is 0 Å². The van der Waals surface area contributed by atoms with Gasteiger partial charge in [-0.3, -0.25) is 13.9 Å². The van der Waals surface area contributed by atoms with E-state index in [4.69, 9.17) is 4.74 Å². The van der Waals surface area contributed by atoms with Crippen LogP contribution in [0.3, 0.4) is 0 Å². The van der Waals surface area contributed by atoms with Gasteiger partial charge in [-0.1, -0.05) is 0 Å². The molecule has 18 heavy (non-hydrogen) atoms. The summed E-state index contributed by atoms with van der Waals surface area (Å²) in [4.78, 5) is 41.5. The van der Waals surface area contributed by atoms with Crippen molar-refractivity contribution in [1.29, 1.82) is 0 Å². The lowest BCUT2D eigenvalue weighted by molar-refractivity contribution is 0.0513. The van der Waals surface area contributed by atoms with Crippen molar-refractivity contribution in [2.75, 3.05) is 6.61 Å². The largest absolute Gasteiger partial charge is 0.460 e. The summed E-state index contributed by atoms with van der Waals surface area (Å²) in [6, 6.07) is 0. The number of aryl methyl sites for hydroxylation is 1. The van der Waals surface area contributed by atoms with Gasteiger partial charge in [0.25, 0.3) is 5.56 Å². The predicted molar refractivity (Wildman–Crippen MR) is 62.5 cm³/mol. The number of carbonyl (C=O) groups excluding carboxylic acids is 1. The van der Waals surface area contributed by atoms with Crippen LogP contribution in [0.2, 0.25) is 0 Å². The fraction of sp³-hybridized carbons (Fsp3) is 0.400. The number of hydrogen-bond acceptors (Lipinski definition) is 5. The van der Waals surface area contributed by atoms with Gasteiger partial charge in [0.1, 0.15) is 0 Å². The van der Waals surface area contributed by atoms with Crippen molar-refractivity contribution in [2.24, 2.45) is 14.1 Å². The summed E-state index contributed by atoms with van der Waals surface area (Å²) >= 11 is 0. The van der Waals surface area contributed by atoms with Gasteiger partial charge in [-0.05, 0) is 6.92 Å². The maximum absolute atomic E-state index is 11.8. The fourth-order valence-electron chi connectivity index (χ4n) is 1.62. The van der Waals surface area contributed by atoms with Crippen LogP contribution in [0.1, 0.15) is 17.5 Å². The van der Waals surface area contributed by atoms with E-state index in [1.165, 1.54) is 18.7 Å². The summed E-state index contributed by atoms with van der Waals surface area (Å²) in [5.41, 5.74) is -0.806. The van der Waals surface area contributed by atoms with Crippen LogP contribution in [0.25, 0.3) is 11.2 Å². The van der Waals surface area contributed by atoms with Crippen molar-refractivity contribution < 1.29 is 9.53 Å². The Kier molecular flexibility index (Phi) is 2.77. The van der Waals surface area contributed by atoms with Crippen LogP contribution in [-0.2, 0) is 18.8 Å². The molecule has 0 atom stereocenters. The smallest absolute Gasteiger partial charge is 0.374 e. The molecule has 0 unspecified atom stereocenters. The zero-order valence-electron chi connectivity index (χ0n) is 10.2. The molecule has 2 aromatic rings. The van der Waals surface area contributed by atoms with Gasteiger partial charge in [-0.15, -0.1) is 0 Å². The molecule has 0 aliphatic carbocycles.